The molecule has 0 aliphatic rings. The molecular weight excluding hydrogens is 214 g/mol. The maximum absolute atomic E-state index is 5.59. The summed E-state index contributed by atoms with van der Waals surface area (Å²) in [6, 6.07) is 9.96. The lowest BCUT2D eigenvalue weighted by atomic mass is 10.2. The van der Waals surface area contributed by atoms with Crippen LogP contribution < -0.4 is 9.47 Å². The lowest BCUT2D eigenvalue weighted by Gasteiger charge is -2.12. The highest BCUT2D eigenvalue weighted by atomic mass is 16.5. The molecule has 0 atom stereocenters. The lowest BCUT2D eigenvalue weighted by molar-refractivity contribution is 0.287. The van der Waals surface area contributed by atoms with Crippen LogP contribution in [-0.2, 0) is 0 Å². The number of aromatic nitrogens is 1. The van der Waals surface area contributed by atoms with E-state index in [1.54, 1.807) is 0 Å². The third-order valence-corrected chi connectivity index (χ3v) is 2.43. The summed E-state index contributed by atoms with van der Waals surface area (Å²) in [5, 5.41) is 0. The molecule has 3 heteroatoms. The SMILES string of the molecule is CCOc1ccc(-n2cccc2)cc1OCC. The Morgan fingerprint density at radius 1 is 0.941 bits per heavy atom. The maximum atomic E-state index is 5.59. The Balaban J connectivity index is 2.34. The largest absolute Gasteiger partial charge is 0.490 e. The molecule has 0 amide bonds. The molecule has 0 saturated carbocycles. The summed E-state index contributed by atoms with van der Waals surface area (Å²) in [7, 11) is 0. The second-order valence-corrected chi connectivity index (χ2v) is 3.59. The molecule has 0 aliphatic heterocycles. The molecule has 2 aromatic rings. The van der Waals surface area contributed by atoms with Gasteiger partial charge in [-0.3, -0.25) is 0 Å². The highest BCUT2D eigenvalue weighted by Crippen LogP contribution is 2.29. The van der Waals surface area contributed by atoms with Crippen LogP contribution in [0.1, 0.15) is 13.8 Å². The van der Waals surface area contributed by atoms with Crippen LogP contribution in [0, 0.1) is 0 Å². The van der Waals surface area contributed by atoms with Crippen molar-refractivity contribution in [1.82, 2.24) is 4.57 Å². The molecule has 1 aromatic heterocycles. The van der Waals surface area contributed by atoms with Gasteiger partial charge in [0.2, 0.25) is 0 Å². The van der Waals surface area contributed by atoms with Gasteiger partial charge in [0.25, 0.3) is 0 Å². The molecule has 17 heavy (non-hydrogen) atoms. The van der Waals surface area contributed by atoms with Gasteiger partial charge >= 0.3 is 0 Å². The Morgan fingerprint density at radius 3 is 2.24 bits per heavy atom. The van der Waals surface area contributed by atoms with E-state index in [4.69, 9.17) is 9.47 Å². The highest BCUT2D eigenvalue weighted by molar-refractivity contribution is 5.49. The molecule has 0 bridgehead atoms. The van der Waals surface area contributed by atoms with Crippen LogP contribution in [0.4, 0.5) is 0 Å². The van der Waals surface area contributed by atoms with Gasteiger partial charge in [0.05, 0.1) is 13.2 Å². The minimum absolute atomic E-state index is 0.634. The van der Waals surface area contributed by atoms with Crippen LogP contribution in [0.2, 0.25) is 0 Å². The number of benzene rings is 1. The van der Waals surface area contributed by atoms with Crippen molar-refractivity contribution in [3.8, 4) is 17.2 Å². The molecule has 3 nitrogen and oxygen atoms in total. The number of nitrogens with zero attached hydrogens (tertiary/aromatic N) is 1. The van der Waals surface area contributed by atoms with Gasteiger partial charge in [-0.05, 0) is 38.1 Å². The van der Waals surface area contributed by atoms with Crippen LogP contribution in [0.25, 0.3) is 5.69 Å². The van der Waals surface area contributed by atoms with Gasteiger partial charge in [-0.15, -0.1) is 0 Å². The monoisotopic (exact) mass is 231 g/mol. The fourth-order valence-corrected chi connectivity index (χ4v) is 1.71. The Morgan fingerprint density at radius 2 is 1.59 bits per heavy atom. The summed E-state index contributed by atoms with van der Waals surface area (Å²) >= 11 is 0. The van der Waals surface area contributed by atoms with Gasteiger partial charge in [-0.2, -0.15) is 0 Å². The third-order valence-electron chi connectivity index (χ3n) is 2.43. The zero-order valence-electron chi connectivity index (χ0n) is 10.2. The number of hydrogen-bond donors (Lipinski definition) is 0. The van der Waals surface area contributed by atoms with Crippen molar-refractivity contribution < 1.29 is 9.47 Å². The fraction of sp³-hybridized carbons (Fsp3) is 0.286. The summed E-state index contributed by atoms with van der Waals surface area (Å²) in [6.45, 7) is 5.21. The summed E-state index contributed by atoms with van der Waals surface area (Å²) in [5.41, 5.74) is 1.07. The van der Waals surface area contributed by atoms with Crippen molar-refractivity contribution in [3.63, 3.8) is 0 Å². The van der Waals surface area contributed by atoms with Crippen LogP contribution in [0.15, 0.2) is 42.7 Å². The molecule has 0 saturated heterocycles. The molecule has 0 aliphatic carbocycles. The van der Waals surface area contributed by atoms with Crippen molar-refractivity contribution in [2.45, 2.75) is 13.8 Å². The number of ether oxygens (including phenoxy) is 2. The number of hydrogen-bond acceptors (Lipinski definition) is 2. The summed E-state index contributed by atoms with van der Waals surface area (Å²) in [6.07, 6.45) is 4.01. The lowest BCUT2D eigenvalue weighted by Crippen LogP contribution is -2.00. The summed E-state index contributed by atoms with van der Waals surface area (Å²) in [4.78, 5) is 0. The molecule has 1 aromatic carbocycles. The standard InChI is InChI=1S/C14H17NO2/c1-3-16-13-8-7-12(11-14(13)17-4-2)15-9-5-6-10-15/h5-11H,3-4H2,1-2H3. The van der Waals surface area contributed by atoms with E-state index in [0.717, 1.165) is 17.2 Å². The molecule has 0 spiro atoms. The van der Waals surface area contributed by atoms with Gasteiger partial charge in [-0.1, -0.05) is 0 Å². The third kappa shape index (κ3) is 2.61. The molecule has 0 unspecified atom stereocenters. The minimum Gasteiger partial charge on any atom is -0.490 e. The Bertz CT molecular complexity index is 463. The average Bonchev–Trinajstić information content (AvgIpc) is 2.85. The first-order chi connectivity index (χ1) is 8.35. The van der Waals surface area contributed by atoms with Crippen molar-refractivity contribution in [2.75, 3.05) is 13.2 Å². The summed E-state index contributed by atoms with van der Waals surface area (Å²) in [5.74, 6) is 1.59. The quantitative estimate of drug-likeness (QED) is 0.788. The Hall–Kier alpha value is -1.90. The van der Waals surface area contributed by atoms with E-state index in [2.05, 4.69) is 0 Å². The van der Waals surface area contributed by atoms with Crippen LogP contribution in [-0.4, -0.2) is 17.8 Å². The van der Waals surface area contributed by atoms with Crippen LogP contribution >= 0.6 is 0 Å². The van der Waals surface area contributed by atoms with Gasteiger partial charge in [0.15, 0.2) is 11.5 Å². The first kappa shape index (κ1) is 11.6. The Kier molecular flexibility index (Phi) is 3.70. The van der Waals surface area contributed by atoms with E-state index in [-0.39, 0.29) is 0 Å². The highest BCUT2D eigenvalue weighted by Gasteiger charge is 2.06. The van der Waals surface area contributed by atoms with Crippen molar-refractivity contribution in [3.05, 3.63) is 42.7 Å². The van der Waals surface area contributed by atoms with E-state index < -0.39 is 0 Å². The smallest absolute Gasteiger partial charge is 0.163 e. The van der Waals surface area contributed by atoms with Crippen LogP contribution in [0.3, 0.4) is 0 Å². The van der Waals surface area contributed by atoms with Crippen molar-refractivity contribution in [1.29, 1.82) is 0 Å². The van der Waals surface area contributed by atoms with Gasteiger partial charge in [0.1, 0.15) is 0 Å². The second-order valence-electron chi connectivity index (χ2n) is 3.59. The number of rotatable bonds is 5. The molecule has 0 N–H and O–H groups in total. The first-order valence-corrected chi connectivity index (χ1v) is 5.88. The average molecular weight is 231 g/mol. The maximum Gasteiger partial charge on any atom is 0.163 e. The zero-order valence-corrected chi connectivity index (χ0v) is 10.2. The van der Waals surface area contributed by atoms with E-state index in [1.807, 2.05) is 61.1 Å². The molecule has 90 valence electrons. The fourth-order valence-electron chi connectivity index (χ4n) is 1.71. The van der Waals surface area contributed by atoms with E-state index in [1.165, 1.54) is 0 Å². The van der Waals surface area contributed by atoms with Crippen molar-refractivity contribution >= 4 is 0 Å². The van der Waals surface area contributed by atoms with E-state index in [9.17, 15) is 0 Å². The molecule has 0 radical (unpaired) electrons. The first-order valence-electron chi connectivity index (χ1n) is 5.88. The van der Waals surface area contributed by atoms with Gasteiger partial charge in [0, 0.05) is 24.1 Å². The van der Waals surface area contributed by atoms with Crippen LogP contribution in [0.5, 0.6) is 11.5 Å². The molecule has 0 fully saturated rings. The predicted octanol–water partition coefficient (Wildman–Crippen LogP) is 3.27. The second kappa shape index (κ2) is 5.43. The zero-order chi connectivity index (χ0) is 12.1. The molecule has 2 rings (SSSR count). The van der Waals surface area contributed by atoms with E-state index >= 15 is 0 Å². The van der Waals surface area contributed by atoms with Gasteiger partial charge in [-0.25, -0.2) is 0 Å². The van der Waals surface area contributed by atoms with Gasteiger partial charge < -0.3 is 14.0 Å². The topological polar surface area (TPSA) is 23.4 Å². The molecule has 1 heterocycles. The molecular formula is C14H17NO2. The van der Waals surface area contributed by atoms with Crippen molar-refractivity contribution in [2.24, 2.45) is 0 Å². The van der Waals surface area contributed by atoms with E-state index in [0.29, 0.717) is 13.2 Å². The minimum atomic E-state index is 0.634. The predicted molar refractivity (Wildman–Crippen MR) is 68.1 cm³/mol. The normalized spacial score (nSPS) is 10.2. The Labute approximate surface area is 102 Å². The summed E-state index contributed by atoms with van der Waals surface area (Å²) < 4.78 is 13.2.